The lowest BCUT2D eigenvalue weighted by molar-refractivity contribution is 0.0954. The molecule has 1 aromatic heterocycles. The fourth-order valence-electron chi connectivity index (χ4n) is 1.43. The van der Waals surface area contributed by atoms with Crippen molar-refractivity contribution in [2.24, 2.45) is 0 Å². The lowest BCUT2D eigenvalue weighted by atomic mass is 10.4. The number of amides is 1. The Kier molecular flexibility index (Phi) is 6.43. The van der Waals surface area contributed by atoms with Gasteiger partial charge in [-0.3, -0.25) is 4.79 Å². The highest BCUT2D eigenvalue weighted by molar-refractivity contribution is 7.88. The van der Waals surface area contributed by atoms with Crippen LogP contribution in [-0.2, 0) is 14.8 Å². The minimum absolute atomic E-state index is 0.185. The van der Waals surface area contributed by atoms with Gasteiger partial charge in [0.2, 0.25) is 10.0 Å². The quantitative estimate of drug-likeness (QED) is 0.753. The fraction of sp³-hybridized carbons (Fsp3) is 0.545. The summed E-state index contributed by atoms with van der Waals surface area (Å²) in [5.41, 5.74) is 0. The third-order valence-electron chi connectivity index (χ3n) is 2.41. The third-order valence-corrected chi connectivity index (χ3v) is 4.58. The van der Waals surface area contributed by atoms with Crippen molar-refractivity contribution in [2.45, 2.75) is 0 Å². The molecule has 0 atom stereocenters. The van der Waals surface area contributed by atoms with E-state index in [0.29, 0.717) is 11.5 Å². The van der Waals surface area contributed by atoms with Gasteiger partial charge in [-0.05, 0) is 11.4 Å². The molecule has 1 heterocycles. The molecule has 19 heavy (non-hydrogen) atoms. The highest BCUT2D eigenvalue weighted by Gasteiger charge is 2.16. The molecular formula is C11H18N2O4S2. The number of sulfonamides is 1. The molecule has 1 amide bonds. The van der Waals surface area contributed by atoms with Crippen LogP contribution < -0.4 is 5.32 Å². The molecule has 1 rings (SSSR count). The second kappa shape index (κ2) is 7.59. The molecule has 0 aliphatic carbocycles. The number of hydrogen-bond acceptors (Lipinski definition) is 5. The van der Waals surface area contributed by atoms with Crippen molar-refractivity contribution in [3.8, 4) is 0 Å². The summed E-state index contributed by atoms with van der Waals surface area (Å²) in [6, 6.07) is 3.51. The summed E-state index contributed by atoms with van der Waals surface area (Å²) >= 11 is 1.35. The predicted molar refractivity (Wildman–Crippen MR) is 74.9 cm³/mol. The minimum atomic E-state index is -3.28. The molecule has 1 N–H and O–H groups in total. The number of thiophene rings is 1. The molecule has 8 heteroatoms. The number of rotatable bonds is 8. The number of ether oxygens (including phenoxy) is 1. The second-order valence-corrected chi connectivity index (χ2v) is 6.82. The standard InChI is InChI=1S/C11H18N2O4S2/c1-17-8-7-13(19(2,15)16)6-5-12-11(14)10-4-3-9-18-10/h3-4,9H,5-8H2,1-2H3,(H,12,14). The molecule has 0 saturated carbocycles. The molecular weight excluding hydrogens is 288 g/mol. The van der Waals surface area contributed by atoms with Gasteiger partial charge in [0, 0.05) is 26.7 Å². The van der Waals surface area contributed by atoms with E-state index in [1.807, 2.05) is 5.38 Å². The molecule has 0 aromatic carbocycles. The van der Waals surface area contributed by atoms with Crippen LogP contribution >= 0.6 is 11.3 Å². The molecule has 0 saturated heterocycles. The summed E-state index contributed by atoms with van der Waals surface area (Å²) in [7, 11) is -1.77. The highest BCUT2D eigenvalue weighted by atomic mass is 32.2. The molecule has 1 aromatic rings. The van der Waals surface area contributed by atoms with Crippen molar-refractivity contribution < 1.29 is 17.9 Å². The van der Waals surface area contributed by atoms with Crippen LogP contribution in [0.15, 0.2) is 17.5 Å². The largest absolute Gasteiger partial charge is 0.383 e. The average molecular weight is 306 g/mol. The first-order valence-electron chi connectivity index (χ1n) is 5.71. The van der Waals surface area contributed by atoms with E-state index < -0.39 is 10.0 Å². The van der Waals surface area contributed by atoms with Crippen LogP contribution in [0.2, 0.25) is 0 Å². The van der Waals surface area contributed by atoms with Crippen molar-refractivity contribution in [3.63, 3.8) is 0 Å². The van der Waals surface area contributed by atoms with E-state index in [4.69, 9.17) is 4.74 Å². The molecule has 0 aliphatic rings. The van der Waals surface area contributed by atoms with Crippen molar-refractivity contribution in [2.75, 3.05) is 39.6 Å². The lowest BCUT2D eigenvalue weighted by Gasteiger charge is -2.19. The van der Waals surface area contributed by atoms with Gasteiger partial charge in [0.1, 0.15) is 0 Å². The van der Waals surface area contributed by atoms with Crippen molar-refractivity contribution in [1.82, 2.24) is 9.62 Å². The van der Waals surface area contributed by atoms with E-state index in [1.54, 1.807) is 12.1 Å². The Balaban J connectivity index is 2.42. The van der Waals surface area contributed by atoms with Gasteiger partial charge in [0.05, 0.1) is 17.7 Å². The van der Waals surface area contributed by atoms with Crippen LogP contribution in [0.25, 0.3) is 0 Å². The topological polar surface area (TPSA) is 75.7 Å². The maximum absolute atomic E-state index is 11.7. The molecule has 0 bridgehead atoms. The second-order valence-electron chi connectivity index (χ2n) is 3.89. The van der Waals surface area contributed by atoms with E-state index in [2.05, 4.69) is 5.32 Å². The Hall–Kier alpha value is -0.960. The molecule has 6 nitrogen and oxygen atoms in total. The molecule has 0 unspecified atom stereocenters. The number of nitrogens with zero attached hydrogens (tertiary/aromatic N) is 1. The SMILES string of the molecule is COCCN(CCNC(=O)c1cccs1)S(C)(=O)=O. The first-order chi connectivity index (χ1) is 8.95. The summed E-state index contributed by atoms with van der Waals surface area (Å²) in [5, 5.41) is 4.50. The smallest absolute Gasteiger partial charge is 0.261 e. The van der Waals surface area contributed by atoms with Crippen LogP contribution in [0, 0.1) is 0 Å². The lowest BCUT2D eigenvalue weighted by Crippen LogP contribution is -2.39. The first-order valence-corrected chi connectivity index (χ1v) is 8.43. The van der Waals surface area contributed by atoms with Crippen molar-refractivity contribution >= 4 is 27.3 Å². The molecule has 0 fully saturated rings. The Bertz CT molecular complexity index is 485. The average Bonchev–Trinajstić information content (AvgIpc) is 2.85. The van der Waals surface area contributed by atoms with Gasteiger partial charge in [-0.15, -0.1) is 11.3 Å². The maximum atomic E-state index is 11.7. The number of carbonyl (C=O) groups excluding carboxylic acids is 1. The summed E-state index contributed by atoms with van der Waals surface area (Å²) < 4.78 is 29.1. The van der Waals surface area contributed by atoms with Gasteiger partial charge in [-0.25, -0.2) is 8.42 Å². The molecule has 0 spiro atoms. The van der Waals surface area contributed by atoms with Crippen LogP contribution in [0.1, 0.15) is 9.67 Å². The first kappa shape index (κ1) is 16.1. The van der Waals surface area contributed by atoms with Gasteiger partial charge in [0.15, 0.2) is 0 Å². The Labute approximate surface area is 117 Å². The molecule has 0 aliphatic heterocycles. The summed E-state index contributed by atoms with van der Waals surface area (Å²) in [5.74, 6) is -0.185. The zero-order valence-electron chi connectivity index (χ0n) is 11.0. The van der Waals surface area contributed by atoms with Gasteiger partial charge in [0.25, 0.3) is 5.91 Å². The Morgan fingerprint density at radius 3 is 2.74 bits per heavy atom. The van der Waals surface area contributed by atoms with E-state index in [-0.39, 0.29) is 25.5 Å². The maximum Gasteiger partial charge on any atom is 0.261 e. The Morgan fingerprint density at radius 1 is 1.47 bits per heavy atom. The summed E-state index contributed by atoms with van der Waals surface area (Å²) in [4.78, 5) is 12.3. The van der Waals surface area contributed by atoms with Gasteiger partial charge in [-0.2, -0.15) is 4.31 Å². The zero-order valence-corrected chi connectivity index (χ0v) is 12.6. The summed E-state index contributed by atoms with van der Waals surface area (Å²) in [6.45, 7) is 1.11. The third kappa shape index (κ3) is 5.68. The van der Waals surface area contributed by atoms with Crippen LogP contribution in [-0.4, -0.2) is 58.2 Å². The monoisotopic (exact) mass is 306 g/mol. The number of hydrogen-bond donors (Lipinski definition) is 1. The minimum Gasteiger partial charge on any atom is -0.383 e. The van der Waals surface area contributed by atoms with Gasteiger partial charge >= 0.3 is 0 Å². The van der Waals surface area contributed by atoms with Crippen LogP contribution in [0.3, 0.4) is 0 Å². The van der Waals surface area contributed by atoms with Gasteiger partial charge in [-0.1, -0.05) is 6.07 Å². The fourth-order valence-corrected chi connectivity index (χ4v) is 2.89. The van der Waals surface area contributed by atoms with Crippen molar-refractivity contribution in [3.05, 3.63) is 22.4 Å². The zero-order chi connectivity index (χ0) is 14.3. The van der Waals surface area contributed by atoms with E-state index in [0.717, 1.165) is 6.26 Å². The van der Waals surface area contributed by atoms with Gasteiger partial charge < -0.3 is 10.1 Å². The Morgan fingerprint density at radius 2 is 2.21 bits per heavy atom. The molecule has 108 valence electrons. The highest BCUT2D eigenvalue weighted by Crippen LogP contribution is 2.07. The predicted octanol–water partition coefficient (Wildman–Crippen LogP) is 0.386. The van der Waals surface area contributed by atoms with Crippen LogP contribution in [0.4, 0.5) is 0 Å². The summed E-state index contributed by atoms with van der Waals surface area (Å²) in [6.07, 6.45) is 1.14. The van der Waals surface area contributed by atoms with E-state index in [9.17, 15) is 13.2 Å². The van der Waals surface area contributed by atoms with Crippen molar-refractivity contribution in [1.29, 1.82) is 0 Å². The number of methoxy groups -OCH3 is 1. The molecule has 0 radical (unpaired) electrons. The number of carbonyl (C=O) groups is 1. The van der Waals surface area contributed by atoms with E-state index in [1.165, 1.54) is 22.8 Å². The number of nitrogens with one attached hydrogen (secondary N) is 1. The van der Waals surface area contributed by atoms with E-state index >= 15 is 0 Å². The van der Waals surface area contributed by atoms with Crippen LogP contribution in [0.5, 0.6) is 0 Å². The normalized spacial score (nSPS) is 11.7.